The molecule has 1 aromatic carbocycles. The van der Waals surface area contributed by atoms with E-state index in [1.165, 1.54) is 29.2 Å². The van der Waals surface area contributed by atoms with Gasteiger partial charge < -0.3 is 20.5 Å². The number of aromatic nitrogens is 2. The van der Waals surface area contributed by atoms with E-state index in [1.54, 1.807) is 17.2 Å². The predicted octanol–water partition coefficient (Wildman–Crippen LogP) is 1.55. The highest BCUT2D eigenvalue weighted by Gasteiger charge is 2.29. The van der Waals surface area contributed by atoms with Crippen LogP contribution in [0.2, 0.25) is 0 Å². The van der Waals surface area contributed by atoms with Crippen LogP contribution in [-0.4, -0.2) is 57.4 Å². The van der Waals surface area contributed by atoms with E-state index >= 15 is 0 Å². The molecule has 30 heavy (non-hydrogen) atoms. The third kappa shape index (κ3) is 5.68. The quantitative estimate of drug-likeness (QED) is 0.497. The fourth-order valence-corrected chi connectivity index (χ4v) is 3.32. The minimum atomic E-state index is -0.522. The number of halogens is 2. The van der Waals surface area contributed by atoms with Crippen molar-refractivity contribution in [3.8, 4) is 5.69 Å². The van der Waals surface area contributed by atoms with Gasteiger partial charge in [-0.2, -0.15) is 0 Å². The van der Waals surface area contributed by atoms with E-state index in [2.05, 4.69) is 10.3 Å². The second-order valence-electron chi connectivity index (χ2n) is 6.60. The Balaban J connectivity index is 0.00000225. The molecule has 1 aromatic heterocycles. The number of carbonyl (C=O) groups is 2. The summed E-state index contributed by atoms with van der Waals surface area (Å²) in [6, 6.07) is 4.36. The average Bonchev–Trinajstić information content (AvgIpc) is 3.25. The topological polar surface area (TPSA) is 136 Å². The summed E-state index contributed by atoms with van der Waals surface area (Å²) in [5.74, 6) is -0.745. The summed E-state index contributed by atoms with van der Waals surface area (Å²) in [4.78, 5) is 41.5. The zero-order chi connectivity index (χ0) is 20.1. The number of nitrogens with two attached hydrogens (primary N) is 1. The zero-order valence-corrected chi connectivity index (χ0v) is 17.7. The Bertz CT molecular complexity index is 878. The van der Waals surface area contributed by atoms with Crippen LogP contribution in [0.1, 0.15) is 23.2 Å². The van der Waals surface area contributed by atoms with Crippen molar-refractivity contribution in [1.82, 2.24) is 19.8 Å². The highest BCUT2D eigenvalue weighted by molar-refractivity contribution is 5.96. The van der Waals surface area contributed by atoms with Crippen molar-refractivity contribution < 1.29 is 14.5 Å². The number of amides is 2. The number of likely N-dealkylation sites (tertiary alicyclic amines) is 1. The van der Waals surface area contributed by atoms with Gasteiger partial charge in [0.1, 0.15) is 5.69 Å². The van der Waals surface area contributed by atoms with Crippen molar-refractivity contribution in [2.75, 3.05) is 26.2 Å². The Hall–Kier alpha value is -2.69. The molecule has 1 saturated heterocycles. The van der Waals surface area contributed by atoms with Crippen molar-refractivity contribution in [3.05, 3.63) is 52.6 Å². The van der Waals surface area contributed by atoms with E-state index in [0.717, 1.165) is 0 Å². The Morgan fingerprint density at radius 1 is 1.33 bits per heavy atom. The van der Waals surface area contributed by atoms with Gasteiger partial charge in [0, 0.05) is 50.2 Å². The van der Waals surface area contributed by atoms with Gasteiger partial charge in [-0.05, 0) is 25.0 Å². The normalized spacial score (nSPS) is 15.5. The number of piperidine rings is 1. The number of benzene rings is 1. The summed E-state index contributed by atoms with van der Waals surface area (Å²) < 4.78 is 1.52. The van der Waals surface area contributed by atoms with Gasteiger partial charge in [-0.15, -0.1) is 24.8 Å². The second kappa shape index (κ2) is 11.5. The molecule has 1 unspecified atom stereocenters. The number of hydrogen-bond donors (Lipinski definition) is 2. The Kier molecular flexibility index (Phi) is 9.70. The molecular formula is C18H24Cl2N6O4. The smallest absolute Gasteiger partial charge is 0.294 e. The summed E-state index contributed by atoms with van der Waals surface area (Å²) in [5.41, 5.74) is 5.77. The van der Waals surface area contributed by atoms with Crippen LogP contribution in [0.15, 0.2) is 36.9 Å². The number of rotatable bonds is 6. The van der Waals surface area contributed by atoms with Crippen LogP contribution in [-0.2, 0) is 4.79 Å². The number of nitro benzene ring substituents is 1. The summed E-state index contributed by atoms with van der Waals surface area (Å²) >= 11 is 0. The third-order valence-corrected chi connectivity index (χ3v) is 4.72. The second-order valence-corrected chi connectivity index (χ2v) is 6.60. The Morgan fingerprint density at radius 3 is 2.73 bits per heavy atom. The van der Waals surface area contributed by atoms with Crippen LogP contribution in [0.4, 0.5) is 5.69 Å². The maximum Gasteiger partial charge on any atom is 0.294 e. The maximum atomic E-state index is 12.9. The van der Waals surface area contributed by atoms with E-state index in [4.69, 9.17) is 5.73 Å². The zero-order valence-electron chi connectivity index (χ0n) is 16.1. The fourth-order valence-electron chi connectivity index (χ4n) is 3.32. The molecule has 0 bridgehead atoms. The standard InChI is InChI=1S/C18H22N6O4.2ClH/c19-5-6-21-17(25)14-2-1-8-22(11-14)18(26)13-3-4-15(16(10-13)24(27)28)23-9-7-20-12-23;;/h3-4,7,9-10,12,14H,1-2,5-6,8,11,19H2,(H,21,25);2*1H. The van der Waals surface area contributed by atoms with Gasteiger partial charge in [-0.25, -0.2) is 4.98 Å². The van der Waals surface area contributed by atoms with Crippen molar-refractivity contribution in [3.63, 3.8) is 0 Å². The SMILES string of the molecule is Cl.Cl.NCCNC(=O)C1CCCN(C(=O)c2ccc(-n3ccnc3)c([N+](=O)[O-])c2)C1. The fraction of sp³-hybridized carbons (Fsp3) is 0.389. The highest BCUT2D eigenvalue weighted by atomic mass is 35.5. The van der Waals surface area contributed by atoms with Gasteiger partial charge in [-0.1, -0.05) is 0 Å². The van der Waals surface area contributed by atoms with Crippen LogP contribution in [0.5, 0.6) is 0 Å². The first-order valence-electron chi connectivity index (χ1n) is 9.05. The molecule has 2 amide bonds. The van der Waals surface area contributed by atoms with Crippen LogP contribution in [0.25, 0.3) is 5.69 Å². The summed E-state index contributed by atoms with van der Waals surface area (Å²) in [5, 5.41) is 14.2. The number of carbonyl (C=O) groups excluding carboxylic acids is 2. The maximum absolute atomic E-state index is 12.9. The highest BCUT2D eigenvalue weighted by Crippen LogP contribution is 2.26. The minimum Gasteiger partial charge on any atom is -0.355 e. The lowest BCUT2D eigenvalue weighted by Crippen LogP contribution is -2.46. The largest absolute Gasteiger partial charge is 0.355 e. The molecule has 0 saturated carbocycles. The molecule has 10 nitrogen and oxygen atoms in total. The average molecular weight is 459 g/mol. The van der Waals surface area contributed by atoms with Gasteiger partial charge in [-0.3, -0.25) is 19.7 Å². The van der Waals surface area contributed by atoms with Crippen LogP contribution in [0.3, 0.4) is 0 Å². The van der Waals surface area contributed by atoms with E-state index in [9.17, 15) is 19.7 Å². The van der Waals surface area contributed by atoms with Gasteiger partial charge in [0.2, 0.25) is 5.91 Å². The lowest BCUT2D eigenvalue weighted by atomic mass is 9.96. The van der Waals surface area contributed by atoms with Gasteiger partial charge in [0.25, 0.3) is 11.6 Å². The predicted molar refractivity (Wildman–Crippen MR) is 115 cm³/mol. The number of nitrogens with zero attached hydrogens (tertiary/aromatic N) is 4. The number of imidazole rings is 1. The molecule has 2 heterocycles. The van der Waals surface area contributed by atoms with Gasteiger partial charge in [0.15, 0.2) is 0 Å². The van der Waals surface area contributed by atoms with Crippen LogP contribution >= 0.6 is 24.8 Å². The first-order valence-corrected chi connectivity index (χ1v) is 9.05. The van der Waals surface area contributed by atoms with E-state index in [-0.39, 0.29) is 60.3 Å². The summed E-state index contributed by atoms with van der Waals surface area (Å²) in [6.07, 6.45) is 5.96. The Morgan fingerprint density at radius 2 is 2.10 bits per heavy atom. The van der Waals surface area contributed by atoms with E-state index in [0.29, 0.717) is 38.2 Å². The molecule has 12 heteroatoms. The molecule has 0 radical (unpaired) electrons. The molecule has 164 valence electrons. The lowest BCUT2D eigenvalue weighted by molar-refractivity contribution is -0.384. The molecule has 1 fully saturated rings. The molecular weight excluding hydrogens is 435 g/mol. The molecule has 3 rings (SSSR count). The molecule has 1 aliphatic heterocycles. The molecule has 1 atom stereocenters. The minimum absolute atomic E-state index is 0. The molecule has 0 aliphatic carbocycles. The van der Waals surface area contributed by atoms with Crippen molar-refractivity contribution in [2.24, 2.45) is 11.7 Å². The van der Waals surface area contributed by atoms with E-state index in [1.807, 2.05) is 0 Å². The van der Waals surface area contributed by atoms with Crippen molar-refractivity contribution >= 4 is 42.3 Å². The summed E-state index contributed by atoms with van der Waals surface area (Å²) in [6.45, 7) is 1.54. The van der Waals surface area contributed by atoms with Crippen LogP contribution < -0.4 is 11.1 Å². The number of hydrogen-bond acceptors (Lipinski definition) is 6. The summed E-state index contributed by atoms with van der Waals surface area (Å²) in [7, 11) is 0. The van der Waals surface area contributed by atoms with Crippen molar-refractivity contribution in [2.45, 2.75) is 12.8 Å². The third-order valence-electron chi connectivity index (χ3n) is 4.72. The van der Waals surface area contributed by atoms with Gasteiger partial charge in [0.05, 0.1) is 17.2 Å². The van der Waals surface area contributed by atoms with Crippen molar-refractivity contribution in [1.29, 1.82) is 0 Å². The molecule has 2 aromatic rings. The Labute approximate surface area is 185 Å². The first kappa shape index (κ1) is 25.3. The number of nitrogens with one attached hydrogen (secondary N) is 1. The monoisotopic (exact) mass is 458 g/mol. The molecule has 0 spiro atoms. The first-order chi connectivity index (χ1) is 13.5. The lowest BCUT2D eigenvalue weighted by Gasteiger charge is -2.32. The van der Waals surface area contributed by atoms with Gasteiger partial charge >= 0.3 is 0 Å². The molecule has 1 aliphatic rings. The van der Waals surface area contributed by atoms with E-state index < -0.39 is 4.92 Å². The van der Waals surface area contributed by atoms with Crippen LogP contribution in [0, 0.1) is 16.0 Å². The molecule has 3 N–H and O–H groups in total. The number of nitro groups is 1.